The summed E-state index contributed by atoms with van der Waals surface area (Å²) in [6.07, 6.45) is 0.156. The first-order valence-corrected chi connectivity index (χ1v) is 7.24. The Morgan fingerprint density at radius 3 is 2.81 bits per heavy atom. The van der Waals surface area contributed by atoms with Crippen LogP contribution in [0.5, 0.6) is 5.75 Å². The van der Waals surface area contributed by atoms with Crippen LogP contribution in [0.4, 0.5) is 4.39 Å². The monoisotopic (exact) mass is 308 g/mol. The van der Waals surface area contributed by atoms with Gasteiger partial charge in [-0.1, -0.05) is 23.7 Å². The number of ether oxygens (including phenoxy) is 1. The fourth-order valence-corrected chi connectivity index (χ4v) is 2.27. The van der Waals surface area contributed by atoms with Gasteiger partial charge in [-0.2, -0.15) is 0 Å². The maximum absolute atomic E-state index is 13.1. The van der Waals surface area contributed by atoms with Gasteiger partial charge < -0.3 is 9.84 Å². The molecule has 0 radical (unpaired) electrons. The van der Waals surface area contributed by atoms with Gasteiger partial charge >= 0.3 is 0 Å². The van der Waals surface area contributed by atoms with Gasteiger partial charge in [0.25, 0.3) is 0 Å². The van der Waals surface area contributed by atoms with Crippen molar-refractivity contribution in [1.29, 1.82) is 0 Å². The third kappa shape index (κ3) is 5.03. The van der Waals surface area contributed by atoms with E-state index >= 15 is 0 Å². The van der Waals surface area contributed by atoms with Crippen LogP contribution in [0.25, 0.3) is 0 Å². The van der Waals surface area contributed by atoms with Crippen LogP contribution in [0.1, 0.15) is 17.5 Å². The standard InChI is InChI=1S/C17H18ClFO2/c1-12-3-2-4-16(9-12)21-8-7-15(20)11-13-10-14(19)5-6-17(13)18/h2-6,9-10,15,20H,7-8,11H2,1H3. The summed E-state index contributed by atoms with van der Waals surface area (Å²) in [5.74, 6) is 0.434. The summed E-state index contributed by atoms with van der Waals surface area (Å²) in [7, 11) is 0. The lowest BCUT2D eigenvalue weighted by molar-refractivity contribution is 0.139. The Hall–Kier alpha value is -1.58. The molecule has 21 heavy (non-hydrogen) atoms. The zero-order valence-corrected chi connectivity index (χ0v) is 12.6. The Bertz CT molecular complexity index is 601. The average molecular weight is 309 g/mol. The van der Waals surface area contributed by atoms with Gasteiger partial charge in [-0.05, 0) is 48.4 Å². The van der Waals surface area contributed by atoms with Crippen LogP contribution in [-0.2, 0) is 6.42 Å². The van der Waals surface area contributed by atoms with Gasteiger partial charge in [-0.15, -0.1) is 0 Å². The topological polar surface area (TPSA) is 29.5 Å². The SMILES string of the molecule is Cc1cccc(OCCC(O)Cc2cc(F)ccc2Cl)c1. The first-order valence-electron chi connectivity index (χ1n) is 6.86. The minimum Gasteiger partial charge on any atom is -0.493 e. The number of hydrogen-bond donors (Lipinski definition) is 1. The highest BCUT2D eigenvalue weighted by Gasteiger charge is 2.10. The lowest BCUT2D eigenvalue weighted by atomic mass is 10.1. The fraction of sp³-hybridized carbons (Fsp3) is 0.294. The van der Waals surface area contributed by atoms with Gasteiger partial charge in [0, 0.05) is 17.9 Å². The molecule has 2 aromatic carbocycles. The molecule has 2 aromatic rings. The van der Waals surface area contributed by atoms with Gasteiger partial charge in [0.2, 0.25) is 0 Å². The number of aliphatic hydroxyl groups excluding tert-OH is 1. The summed E-state index contributed by atoms with van der Waals surface area (Å²) in [5.41, 5.74) is 1.74. The van der Waals surface area contributed by atoms with Crippen LogP contribution in [-0.4, -0.2) is 17.8 Å². The second-order valence-electron chi connectivity index (χ2n) is 5.05. The zero-order valence-electron chi connectivity index (χ0n) is 11.9. The van der Waals surface area contributed by atoms with E-state index in [1.54, 1.807) is 0 Å². The molecule has 0 fully saturated rings. The number of rotatable bonds is 6. The maximum atomic E-state index is 13.1. The van der Waals surface area contributed by atoms with Crippen LogP contribution < -0.4 is 4.74 Å². The molecule has 0 spiro atoms. The van der Waals surface area contributed by atoms with Crippen molar-refractivity contribution in [2.45, 2.75) is 25.9 Å². The highest BCUT2D eigenvalue weighted by Crippen LogP contribution is 2.20. The minimum absolute atomic E-state index is 0.313. The van der Waals surface area contributed by atoms with Gasteiger partial charge in [0.15, 0.2) is 0 Å². The number of benzene rings is 2. The molecule has 1 atom stereocenters. The number of hydrogen-bond acceptors (Lipinski definition) is 2. The quantitative estimate of drug-likeness (QED) is 0.868. The van der Waals surface area contributed by atoms with E-state index in [-0.39, 0.29) is 5.82 Å². The van der Waals surface area contributed by atoms with Crippen LogP contribution in [0.3, 0.4) is 0 Å². The fourth-order valence-electron chi connectivity index (χ4n) is 2.07. The first-order chi connectivity index (χ1) is 10.0. The molecule has 0 aliphatic heterocycles. The van der Waals surface area contributed by atoms with Crippen molar-refractivity contribution in [3.63, 3.8) is 0 Å². The van der Waals surface area contributed by atoms with Crippen molar-refractivity contribution in [2.75, 3.05) is 6.61 Å². The summed E-state index contributed by atoms with van der Waals surface area (Å²) < 4.78 is 18.7. The molecule has 112 valence electrons. The summed E-state index contributed by atoms with van der Waals surface area (Å²) in [5, 5.41) is 10.5. The van der Waals surface area contributed by atoms with Crippen molar-refractivity contribution < 1.29 is 14.2 Å². The molecule has 4 heteroatoms. The summed E-state index contributed by atoms with van der Waals surface area (Å²) in [6, 6.07) is 11.9. The summed E-state index contributed by atoms with van der Waals surface area (Å²) >= 11 is 5.98. The Morgan fingerprint density at radius 2 is 2.05 bits per heavy atom. The third-order valence-electron chi connectivity index (χ3n) is 3.17. The van der Waals surface area contributed by atoms with E-state index in [0.717, 1.165) is 11.3 Å². The average Bonchev–Trinajstić information content (AvgIpc) is 2.43. The minimum atomic E-state index is -0.617. The highest BCUT2D eigenvalue weighted by atomic mass is 35.5. The molecule has 0 aliphatic rings. The highest BCUT2D eigenvalue weighted by molar-refractivity contribution is 6.31. The van der Waals surface area contributed by atoms with Crippen LogP contribution >= 0.6 is 11.6 Å². The second-order valence-corrected chi connectivity index (χ2v) is 5.45. The summed E-state index contributed by atoms with van der Waals surface area (Å²) in [6.45, 7) is 2.39. The molecule has 0 bridgehead atoms. The predicted octanol–water partition coefficient (Wildman–Crippen LogP) is 4.16. The Kier molecular flexibility index (Phi) is 5.59. The lowest BCUT2D eigenvalue weighted by Gasteiger charge is -2.13. The molecular formula is C17H18ClFO2. The van der Waals surface area contributed by atoms with E-state index < -0.39 is 6.10 Å². The predicted molar refractivity (Wildman–Crippen MR) is 82.4 cm³/mol. The van der Waals surface area contributed by atoms with Gasteiger partial charge in [-0.3, -0.25) is 0 Å². The summed E-state index contributed by atoms with van der Waals surface area (Å²) in [4.78, 5) is 0. The molecule has 0 saturated carbocycles. The van der Waals surface area contributed by atoms with Crippen LogP contribution in [0, 0.1) is 12.7 Å². The van der Waals surface area contributed by atoms with Crippen LogP contribution in [0.15, 0.2) is 42.5 Å². The lowest BCUT2D eigenvalue weighted by Crippen LogP contribution is -2.15. The molecule has 0 heterocycles. The van der Waals surface area contributed by atoms with Crippen molar-refractivity contribution in [3.05, 3.63) is 64.4 Å². The van der Waals surface area contributed by atoms with E-state index in [4.69, 9.17) is 16.3 Å². The van der Waals surface area contributed by atoms with E-state index in [0.29, 0.717) is 30.0 Å². The normalized spacial score (nSPS) is 12.2. The van der Waals surface area contributed by atoms with Crippen LogP contribution in [0.2, 0.25) is 5.02 Å². The zero-order chi connectivity index (χ0) is 15.2. The van der Waals surface area contributed by atoms with Gasteiger partial charge in [0.05, 0.1) is 12.7 Å². The van der Waals surface area contributed by atoms with Crippen molar-refractivity contribution in [2.24, 2.45) is 0 Å². The molecule has 1 unspecified atom stereocenters. The smallest absolute Gasteiger partial charge is 0.123 e. The van der Waals surface area contributed by atoms with Crippen molar-refractivity contribution >= 4 is 11.6 Å². The molecule has 1 N–H and O–H groups in total. The maximum Gasteiger partial charge on any atom is 0.123 e. The van der Waals surface area contributed by atoms with Crippen molar-refractivity contribution in [3.8, 4) is 5.75 Å². The number of halogens is 2. The van der Waals surface area contributed by atoms with E-state index in [1.807, 2.05) is 31.2 Å². The molecule has 0 aliphatic carbocycles. The van der Waals surface area contributed by atoms with E-state index in [9.17, 15) is 9.50 Å². The van der Waals surface area contributed by atoms with E-state index in [2.05, 4.69) is 0 Å². The molecule has 0 aromatic heterocycles. The Labute approximate surface area is 129 Å². The Balaban J connectivity index is 1.82. The van der Waals surface area contributed by atoms with Gasteiger partial charge in [0.1, 0.15) is 11.6 Å². The van der Waals surface area contributed by atoms with Crippen molar-refractivity contribution in [1.82, 2.24) is 0 Å². The molecular weight excluding hydrogens is 291 g/mol. The van der Waals surface area contributed by atoms with Gasteiger partial charge in [-0.25, -0.2) is 4.39 Å². The third-order valence-corrected chi connectivity index (χ3v) is 3.54. The van der Waals surface area contributed by atoms with E-state index in [1.165, 1.54) is 18.2 Å². The largest absolute Gasteiger partial charge is 0.493 e. The molecule has 2 nitrogen and oxygen atoms in total. The molecule has 0 saturated heterocycles. The molecule has 2 rings (SSSR count). The number of aliphatic hydroxyl groups is 1. The Morgan fingerprint density at radius 1 is 1.24 bits per heavy atom. The molecule has 0 amide bonds. The number of aryl methyl sites for hydroxylation is 1. The first kappa shape index (κ1) is 15.8. The second kappa shape index (κ2) is 7.43.